The number of rotatable bonds is 1. The molecule has 0 aromatic heterocycles. The molecule has 1 saturated heterocycles. The predicted octanol–water partition coefficient (Wildman–Crippen LogP) is 3.55. The number of hydrogen-bond donors (Lipinski definition) is 1. The number of fused-ring (bicyclic) bond motifs is 1. The fraction of sp³-hybridized carbons (Fsp3) is 0.579. The summed E-state index contributed by atoms with van der Waals surface area (Å²) in [6.07, 6.45) is 7.87. The van der Waals surface area contributed by atoms with Gasteiger partial charge in [-0.25, -0.2) is 0 Å². The normalized spacial score (nSPS) is 40.0. The molecule has 110 valence electrons. The second-order valence-corrected chi connectivity index (χ2v) is 7.38. The lowest BCUT2D eigenvalue weighted by Crippen LogP contribution is -2.55. The molecule has 4 aliphatic rings. The zero-order chi connectivity index (χ0) is 14.0. The highest BCUT2D eigenvalue weighted by molar-refractivity contribution is 5.65. The van der Waals surface area contributed by atoms with Crippen molar-refractivity contribution in [3.05, 3.63) is 41.5 Å². The zero-order valence-corrected chi connectivity index (χ0v) is 12.8. The number of nitrogens with zero attached hydrogens (tertiary/aromatic N) is 1. The summed E-state index contributed by atoms with van der Waals surface area (Å²) in [5.74, 6) is 0.785. The Morgan fingerprint density at radius 1 is 1.33 bits per heavy atom. The summed E-state index contributed by atoms with van der Waals surface area (Å²) in [6.45, 7) is 4.90. The van der Waals surface area contributed by atoms with Crippen molar-refractivity contribution in [3.8, 4) is 0 Å². The van der Waals surface area contributed by atoms with Gasteiger partial charge in [-0.15, -0.1) is 0 Å². The maximum Gasteiger partial charge on any atom is 0.0425 e. The summed E-state index contributed by atoms with van der Waals surface area (Å²) in [6, 6.07) is 10.4. The third-order valence-electron chi connectivity index (χ3n) is 6.56. The first-order chi connectivity index (χ1) is 10.3. The van der Waals surface area contributed by atoms with E-state index in [1.165, 1.54) is 44.5 Å². The molecule has 5 rings (SSSR count). The SMILES string of the molecule is CCC1C=C2CCC3Nc4ccccc4C34CCN(C1)C24. The van der Waals surface area contributed by atoms with E-state index < -0.39 is 0 Å². The van der Waals surface area contributed by atoms with E-state index in [2.05, 4.69) is 47.5 Å². The van der Waals surface area contributed by atoms with Gasteiger partial charge in [0.15, 0.2) is 0 Å². The second kappa shape index (κ2) is 4.13. The van der Waals surface area contributed by atoms with Crippen LogP contribution >= 0.6 is 0 Å². The Morgan fingerprint density at radius 2 is 2.24 bits per heavy atom. The molecule has 1 N–H and O–H groups in total. The third-order valence-corrected chi connectivity index (χ3v) is 6.56. The van der Waals surface area contributed by atoms with E-state index in [4.69, 9.17) is 0 Å². The van der Waals surface area contributed by atoms with Gasteiger partial charge in [0.25, 0.3) is 0 Å². The monoisotopic (exact) mass is 280 g/mol. The van der Waals surface area contributed by atoms with Crippen molar-refractivity contribution in [2.75, 3.05) is 18.4 Å². The molecule has 1 aromatic rings. The molecule has 1 aromatic carbocycles. The second-order valence-electron chi connectivity index (χ2n) is 7.38. The van der Waals surface area contributed by atoms with Gasteiger partial charge in [-0.1, -0.05) is 36.8 Å². The van der Waals surface area contributed by atoms with Crippen LogP contribution in [0, 0.1) is 5.92 Å². The minimum Gasteiger partial charge on any atom is -0.381 e. The van der Waals surface area contributed by atoms with Gasteiger partial charge in [0, 0.05) is 29.7 Å². The van der Waals surface area contributed by atoms with E-state index in [1.54, 1.807) is 11.1 Å². The summed E-state index contributed by atoms with van der Waals surface area (Å²) < 4.78 is 0. The first-order valence-electron chi connectivity index (χ1n) is 8.63. The zero-order valence-electron chi connectivity index (χ0n) is 12.8. The van der Waals surface area contributed by atoms with Crippen molar-refractivity contribution in [2.24, 2.45) is 5.92 Å². The van der Waals surface area contributed by atoms with Gasteiger partial charge >= 0.3 is 0 Å². The molecule has 2 heteroatoms. The standard InChI is InChI=1S/C19H24N2/c1-2-13-11-14-7-8-17-19(9-10-21(12-13)18(14)19)15-5-3-4-6-16(15)20-17/h3-6,11,13,17-18,20H,2,7-10,12H2,1H3. The van der Waals surface area contributed by atoms with Crippen LogP contribution in [-0.2, 0) is 5.41 Å². The van der Waals surface area contributed by atoms with Gasteiger partial charge in [0.2, 0.25) is 0 Å². The van der Waals surface area contributed by atoms with Crippen molar-refractivity contribution in [1.29, 1.82) is 0 Å². The highest BCUT2D eigenvalue weighted by Crippen LogP contribution is 2.58. The summed E-state index contributed by atoms with van der Waals surface area (Å²) in [5.41, 5.74) is 5.12. The molecule has 0 bridgehead atoms. The molecular formula is C19H24N2. The Kier molecular flexibility index (Phi) is 2.42. The highest BCUT2D eigenvalue weighted by atomic mass is 15.2. The number of nitrogens with one attached hydrogen (secondary N) is 1. The van der Waals surface area contributed by atoms with Gasteiger partial charge in [-0.3, -0.25) is 4.90 Å². The minimum absolute atomic E-state index is 0.361. The summed E-state index contributed by atoms with van der Waals surface area (Å²) in [5, 5.41) is 3.86. The number of benzene rings is 1. The Morgan fingerprint density at radius 3 is 3.14 bits per heavy atom. The molecule has 3 heterocycles. The Hall–Kier alpha value is -1.28. The molecule has 0 radical (unpaired) electrons. The fourth-order valence-corrected chi connectivity index (χ4v) is 5.70. The van der Waals surface area contributed by atoms with Gasteiger partial charge < -0.3 is 5.32 Å². The van der Waals surface area contributed by atoms with E-state index >= 15 is 0 Å². The molecule has 4 unspecified atom stereocenters. The van der Waals surface area contributed by atoms with E-state index in [-0.39, 0.29) is 0 Å². The smallest absolute Gasteiger partial charge is 0.0425 e. The molecular weight excluding hydrogens is 256 g/mol. The van der Waals surface area contributed by atoms with Crippen LogP contribution < -0.4 is 5.32 Å². The van der Waals surface area contributed by atoms with E-state index in [1.807, 2.05) is 0 Å². The average molecular weight is 280 g/mol. The van der Waals surface area contributed by atoms with Crippen molar-refractivity contribution in [3.63, 3.8) is 0 Å². The molecule has 1 saturated carbocycles. The highest BCUT2D eigenvalue weighted by Gasteiger charge is 2.60. The Bertz CT molecular complexity index is 620. The Balaban J connectivity index is 1.68. The van der Waals surface area contributed by atoms with Crippen LogP contribution in [0.5, 0.6) is 0 Å². The molecule has 0 amide bonds. The van der Waals surface area contributed by atoms with Gasteiger partial charge in [-0.05, 0) is 49.8 Å². The number of anilines is 1. The van der Waals surface area contributed by atoms with Crippen LogP contribution in [0.2, 0.25) is 0 Å². The van der Waals surface area contributed by atoms with E-state index in [9.17, 15) is 0 Å². The molecule has 4 atom stereocenters. The first kappa shape index (κ1) is 12.3. The third kappa shape index (κ3) is 1.42. The van der Waals surface area contributed by atoms with Gasteiger partial charge in [0.1, 0.15) is 0 Å². The lowest BCUT2D eigenvalue weighted by molar-refractivity contribution is 0.167. The lowest BCUT2D eigenvalue weighted by atomic mass is 9.62. The minimum atomic E-state index is 0.361. The van der Waals surface area contributed by atoms with Crippen LogP contribution in [0.15, 0.2) is 35.9 Å². The Labute approximate surface area is 127 Å². The molecule has 1 aliphatic carbocycles. The largest absolute Gasteiger partial charge is 0.381 e. The van der Waals surface area contributed by atoms with Crippen molar-refractivity contribution < 1.29 is 0 Å². The van der Waals surface area contributed by atoms with Gasteiger partial charge in [-0.2, -0.15) is 0 Å². The van der Waals surface area contributed by atoms with E-state index in [0.717, 1.165) is 5.92 Å². The fourth-order valence-electron chi connectivity index (χ4n) is 5.70. The first-order valence-corrected chi connectivity index (χ1v) is 8.63. The van der Waals surface area contributed by atoms with Crippen LogP contribution in [0.1, 0.15) is 38.2 Å². The quantitative estimate of drug-likeness (QED) is 0.791. The number of hydrogen-bond acceptors (Lipinski definition) is 2. The lowest BCUT2D eigenvalue weighted by Gasteiger charge is -2.48. The average Bonchev–Trinajstić information content (AvgIpc) is 3.07. The van der Waals surface area contributed by atoms with Crippen LogP contribution in [-0.4, -0.2) is 30.1 Å². The molecule has 2 fully saturated rings. The molecule has 1 spiro atoms. The van der Waals surface area contributed by atoms with Crippen molar-refractivity contribution in [2.45, 2.75) is 50.1 Å². The van der Waals surface area contributed by atoms with Crippen molar-refractivity contribution >= 4 is 5.69 Å². The summed E-state index contributed by atoms with van der Waals surface area (Å²) in [4.78, 5) is 2.80. The molecule has 2 nitrogen and oxygen atoms in total. The van der Waals surface area contributed by atoms with Crippen LogP contribution in [0.4, 0.5) is 5.69 Å². The molecule has 3 aliphatic heterocycles. The topological polar surface area (TPSA) is 15.3 Å². The predicted molar refractivity (Wildman–Crippen MR) is 86.6 cm³/mol. The van der Waals surface area contributed by atoms with Gasteiger partial charge in [0.05, 0.1) is 0 Å². The maximum atomic E-state index is 3.86. The van der Waals surface area contributed by atoms with Crippen molar-refractivity contribution in [1.82, 2.24) is 4.90 Å². The van der Waals surface area contributed by atoms with Crippen LogP contribution in [0.3, 0.4) is 0 Å². The summed E-state index contributed by atoms with van der Waals surface area (Å²) in [7, 11) is 0. The maximum absolute atomic E-state index is 3.86. The molecule has 21 heavy (non-hydrogen) atoms. The number of para-hydroxylation sites is 1. The summed E-state index contributed by atoms with van der Waals surface area (Å²) >= 11 is 0. The van der Waals surface area contributed by atoms with E-state index in [0.29, 0.717) is 17.5 Å². The van der Waals surface area contributed by atoms with Crippen LogP contribution in [0.25, 0.3) is 0 Å².